The number of hydrogen-bond acceptors (Lipinski definition) is 3. The molecule has 1 aromatic carbocycles. The SMILES string of the molecule is CC(C)(C)c1nc(C(O)Cc2ccc(F)cc2Cl)cs1. The Kier molecular flexibility index (Phi) is 4.47. The van der Waals surface area contributed by atoms with Gasteiger partial charge in [-0.1, -0.05) is 38.4 Å². The molecule has 0 amide bonds. The fourth-order valence-electron chi connectivity index (χ4n) is 1.78. The van der Waals surface area contributed by atoms with E-state index in [1.54, 1.807) is 6.07 Å². The maximum Gasteiger partial charge on any atom is 0.124 e. The van der Waals surface area contributed by atoms with Gasteiger partial charge in [0.15, 0.2) is 0 Å². The van der Waals surface area contributed by atoms with Crippen LogP contribution in [0.25, 0.3) is 0 Å². The molecule has 108 valence electrons. The molecule has 0 radical (unpaired) electrons. The summed E-state index contributed by atoms with van der Waals surface area (Å²) >= 11 is 7.51. The third kappa shape index (κ3) is 3.57. The zero-order valence-corrected chi connectivity index (χ0v) is 13.2. The van der Waals surface area contributed by atoms with E-state index in [0.29, 0.717) is 22.7 Å². The minimum Gasteiger partial charge on any atom is -0.386 e. The Hall–Kier alpha value is -0.970. The summed E-state index contributed by atoms with van der Waals surface area (Å²) in [6.07, 6.45) is -0.405. The second kappa shape index (κ2) is 5.80. The molecule has 0 aliphatic rings. The largest absolute Gasteiger partial charge is 0.386 e. The summed E-state index contributed by atoms with van der Waals surface area (Å²) in [6.45, 7) is 6.25. The van der Waals surface area contributed by atoms with Gasteiger partial charge in [-0.25, -0.2) is 9.37 Å². The lowest BCUT2D eigenvalue weighted by atomic mass is 9.98. The molecular formula is C15H17ClFNOS. The Labute approximate surface area is 127 Å². The molecular weight excluding hydrogens is 297 g/mol. The van der Waals surface area contributed by atoms with Gasteiger partial charge in [0.05, 0.1) is 10.7 Å². The topological polar surface area (TPSA) is 33.1 Å². The lowest BCUT2D eigenvalue weighted by molar-refractivity contribution is 0.174. The highest BCUT2D eigenvalue weighted by Crippen LogP contribution is 2.30. The standard InChI is InChI=1S/C15H17ClFNOS/c1-15(2,3)14-18-12(8-20-14)13(19)6-9-4-5-10(17)7-11(9)16/h4-5,7-8,13,19H,6H2,1-3H3. The second-order valence-corrected chi connectivity index (χ2v) is 7.05. The highest BCUT2D eigenvalue weighted by molar-refractivity contribution is 7.09. The van der Waals surface area contributed by atoms with E-state index in [9.17, 15) is 9.50 Å². The second-order valence-electron chi connectivity index (χ2n) is 5.78. The molecule has 1 N–H and O–H groups in total. The van der Waals surface area contributed by atoms with Crippen LogP contribution in [0.15, 0.2) is 23.6 Å². The third-order valence-electron chi connectivity index (χ3n) is 2.93. The first-order valence-electron chi connectivity index (χ1n) is 6.35. The van der Waals surface area contributed by atoms with Crippen molar-refractivity contribution in [2.45, 2.75) is 38.7 Å². The highest BCUT2D eigenvalue weighted by Gasteiger charge is 2.21. The van der Waals surface area contributed by atoms with E-state index in [1.165, 1.54) is 23.5 Å². The zero-order valence-electron chi connectivity index (χ0n) is 11.7. The van der Waals surface area contributed by atoms with E-state index in [2.05, 4.69) is 25.8 Å². The number of aliphatic hydroxyl groups is 1. The molecule has 0 saturated heterocycles. The normalized spacial score (nSPS) is 13.5. The first-order chi connectivity index (χ1) is 9.27. The summed E-state index contributed by atoms with van der Waals surface area (Å²) < 4.78 is 13.0. The molecule has 1 unspecified atom stereocenters. The lowest BCUT2D eigenvalue weighted by Gasteiger charge is -2.14. The van der Waals surface area contributed by atoms with Gasteiger partial charge < -0.3 is 5.11 Å². The van der Waals surface area contributed by atoms with Crippen LogP contribution in [0, 0.1) is 5.82 Å². The van der Waals surface area contributed by atoms with Gasteiger partial charge in [0.25, 0.3) is 0 Å². The van der Waals surface area contributed by atoms with Crippen LogP contribution >= 0.6 is 22.9 Å². The van der Waals surface area contributed by atoms with E-state index in [4.69, 9.17) is 11.6 Å². The van der Waals surface area contributed by atoms with Crippen LogP contribution in [-0.4, -0.2) is 10.1 Å². The van der Waals surface area contributed by atoms with Gasteiger partial charge in [-0.15, -0.1) is 11.3 Å². The molecule has 0 saturated carbocycles. The number of aromatic nitrogens is 1. The van der Waals surface area contributed by atoms with Gasteiger partial charge in [0.1, 0.15) is 11.9 Å². The molecule has 0 fully saturated rings. The zero-order chi connectivity index (χ0) is 14.9. The van der Waals surface area contributed by atoms with Crippen LogP contribution in [0.1, 0.15) is 43.1 Å². The molecule has 1 atom stereocenters. The molecule has 2 rings (SSSR count). The number of benzene rings is 1. The number of aliphatic hydroxyl groups excluding tert-OH is 1. The molecule has 5 heteroatoms. The minimum atomic E-state index is -0.731. The predicted molar refractivity (Wildman–Crippen MR) is 80.9 cm³/mol. The molecule has 0 bridgehead atoms. The average Bonchev–Trinajstić information content (AvgIpc) is 2.82. The first-order valence-corrected chi connectivity index (χ1v) is 7.61. The van der Waals surface area contributed by atoms with Crippen molar-refractivity contribution in [3.05, 3.63) is 50.7 Å². The van der Waals surface area contributed by atoms with E-state index < -0.39 is 6.10 Å². The first kappa shape index (κ1) is 15.4. The lowest BCUT2D eigenvalue weighted by Crippen LogP contribution is -2.11. The van der Waals surface area contributed by atoms with Crippen LogP contribution in [-0.2, 0) is 11.8 Å². The maximum absolute atomic E-state index is 13.0. The highest BCUT2D eigenvalue weighted by atomic mass is 35.5. The van der Waals surface area contributed by atoms with Crippen molar-refractivity contribution >= 4 is 22.9 Å². The van der Waals surface area contributed by atoms with Crippen LogP contribution in [0.2, 0.25) is 5.02 Å². The van der Waals surface area contributed by atoms with Gasteiger partial charge in [0.2, 0.25) is 0 Å². The summed E-state index contributed by atoms with van der Waals surface area (Å²) in [5.41, 5.74) is 1.32. The molecule has 0 aliphatic heterocycles. The Morgan fingerprint density at radius 1 is 1.40 bits per heavy atom. The fourth-order valence-corrected chi connectivity index (χ4v) is 2.98. The van der Waals surface area contributed by atoms with E-state index in [0.717, 1.165) is 5.01 Å². The summed E-state index contributed by atoms with van der Waals surface area (Å²) in [7, 11) is 0. The summed E-state index contributed by atoms with van der Waals surface area (Å²) in [5.74, 6) is -0.378. The maximum atomic E-state index is 13.0. The van der Waals surface area contributed by atoms with Crippen LogP contribution in [0.4, 0.5) is 4.39 Å². The third-order valence-corrected chi connectivity index (χ3v) is 4.57. The van der Waals surface area contributed by atoms with Crippen LogP contribution in [0.5, 0.6) is 0 Å². The average molecular weight is 314 g/mol. The van der Waals surface area contributed by atoms with Crippen molar-refractivity contribution in [1.29, 1.82) is 0 Å². The summed E-state index contributed by atoms with van der Waals surface area (Å²) in [4.78, 5) is 4.48. The van der Waals surface area contributed by atoms with E-state index >= 15 is 0 Å². The predicted octanol–water partition coefficient (Wildman–Crippen LogP) is 4.51. The Morgan fingerprint density at radius 3 is 2.65 bits per heavy atom. The van der Waals surface area contributed by atoms with Crippen LogP contribution in [0.3, 0.4) is 0 Å². The van der Waals surface area contributed by atoms with Crippen LogP contribution < -0.4 is 0 Å². The number of hydrogen-bond donors (Lipinski definition) is 1. The summed E-state index contributed by atoms with van der Waals surface area (Å²) in [6, 6.07) is 4.19. The fraction of sp³-hybridized carbons (Fsp3) is 0.400. The minimum absolute atomic E-state index is 0.0316. The molecule has 0 spiro atoms. The summed E-state index contributed by atoms with van der Waals surface area (Å²) in [5, 5.41) is 13.4. The molecule has 20 heavy (non-hydrogen) atoms. The van der Waals surface area contributed by atoms with Gasteiger partial charge in [-0.05, 0) is 17.7 Å². The van der Waals surface area contributed by atoms with E-state index in [1.807, 2.05) is 5.38 Å². The van der Waals surface area contributed by atoms with Crippen molar-refractivity contribution < 1.29 is 9.50 Å². The number of halogens is 2. The van der Waals surface area contributed by atoms with Crippen molar-refractivity contribution in [1.82, 2.24) is 4.98 Å². The molecule has 2 aromatic rings. The molecule has 2 nitrogen and oxygen atoms in total. The number of nitrogens with zero attached hydrogens (tertiary/aromatic N) is 1. The molecule has 1 aromatic heterocycles. The monoisotopic (exact) mass is 313 g/mol. The van der Waals surface area contributed by atoms with Gasteiger partial charge in [-0.3, -0.25) is 0 Å². The quantitative estimate of drug-likeness (QED) is 0.904. The molecule has 1 heterocycles. The Morgan fingerprint density at radius 2 is 2.10 bits per heavy atom. The van der Waals surface area contributed by atoms with Crippen molar-refractivity contribution in [3.8, 4) is 0 Å². The Balaban J connectivity index is 2.16. The smallest absolute Gasteiger partial charge is 0.124 e. The number of thiazole rings is 1. The Bertz CT molecular complexity index is 606. The molecule has 0 aliphatic carbocycles. The van der Waals surface area contributed by atoms with E-state index in [-0.39, 0.29) is 11.2 Å². The van der Waals surface area contributed by atoms with Gasteiger partial charge in [0, 0.05) is 22.2 Å². The van der Waals surface area contributed by atoms with Crippen molar-refractivity contribution in [3.63, 3.8) is 0 Å². The van der Waals surface area contributed by atoms with Gasteiger partial charge >= 0.3 is 0 Å². The van der Waals surface area contributed by atoms with Crippen molar-refractivity contribution in [2.75, 3.05) is 0 Å². The van der Waals surface area contributed by atoms with Gasteiger partial charge in [-0.2, -0.15) is 0 Å². The number of rotatable bonds is 3. The van der Waals surface area contributed by atoms with Crippen molar-refractivity contribution in [2.24, 2.45) is 0 Å².